The number of aromatic nitrogens is 2. The van der Waals surface area contributed by atoms with Crippen LogP contribution in [-0.2, 0) is 11.3 Å². The van der Waals surface area contributed by atoms with Crippen molar-refractivity contribution in [1.29, 1.82) is 0 Å². The average Bonchev–Trinajstić information content (AvgIpc) is 3.25. The van der Waals surface area contributed by atoms with Crippen LogP contribution in [0.3, 0.4) is 0 Å². The van der Waals surface area contributed by atoms with Gasteiger partial charge in [0, 0.05) is 26.2 Å². The van der Waals surface area contributed by atoms with Crippen molar-refractivity contribution < 1.29 is 14.7 Å². The number of rotatable bonds is 4. The zero-order valence-electron chi connectivity index (χ0n) is 14.4. The lowest BCUT2D eigenvalue weighted by atomic mass is 9.81. The van der Waals surface area contributed by atoms with Crippen LogP contribution in [0.2, 0.25) is 0 Å². The number of benzene rings is 1. The average molecular weight is 358 g/mol. The van der Waals surface area contributed by atoms with Crippen molar-refractivity contribution in [3.05, 3.63) is 34.7 Å². The summed E-state index contributed by atoms with van der Waals surface area (Å²) in [5, 5.41) is 12.4. The van der Waals surface area contributed by atoms with E-state index >= 15 is 0 Å². The molecular weight excluding hydrogens is 336 g/mol. The molecule has 1 aromatic carbocycles. The lowest BCUT2D eigenvalue weighted by molar-refractivity contribution is -0.149. The number of amides is 2. The number of likely N-dealkylation sites (tertiary alicyclic amines) is 1. The Morgan fingerprint density at radius 2 is 2.15 bits per heavy atom. The molecule has 1 aliphatic heterocycles. The first kappa shape index (κ1) is 16.7. The van der Waals surface area contributed by atoms with Crippen molar-refractivity contribution in [2.75, 3.05) is 19.6 Å². The van der Waals surface area contributed by atoms with Crippen molar-refractivity contribution in [1.82, 2.24) is 19.8 Å². The van der Waals surface area contributed by atoms with Gasteiger partial charge in [0.2, 0.25) is 0 Å². The Kier molecular flexibility index (Phi) is 3.97. The lowest BCUT2D eigenvalue weighted by Crippen LogP contribution is -2.42. The molecule has 1 saturated carbocycles. The van der Waals surface area contributed by atoms with E-state index in [1.807, 2.05) is 24.3 Å². The van der Waals surface area contributed by atoms with E-state index in [0.29, 0.717) is 26.1 Å². The predicted octanol–water partition coefficient (Wildman–Crippen LogP) is 1.23. The number of carboxylic acids is 1. The molecule has 138 valence electrons. The minimum atomic E-state index is -0.791. The van der Waals surface area contributed by atoms with Crippen LogP contribution < -0.4 is 11.0 Å². The number of carbonyl (C=O) groups is 2. The maximum atomic E-state index is 12.4. The van der Waals surface area contributed by atoms with E-state index in [1.54, 1.807) is 9.47 Å². The predicted molar refractivity (Wildman–Crippen MR) is 94.9 cm³/mol. The molecular formula is C18H22N4O4. The quantitative estimate of drug-likeness (QED) is 0.764. The number of carboxylic acid groups (broad SMARTS) is 1. The van der Waals surface area contributed by atoms with Gasteiger partial charge in [0.15, 0.2) is 0 Å². The number of fused-ring (bicyclic) bond motifs is 2. The Morgan fingerprint density at radius 1 is 1.35 bits per heavy atom. The van der Waals surface area contributed by atoms with Gasteiger partial charge in [0.05, 0.1) is 16.4 Å². The minimum absolute atomic E-state index is 0.0435. The van der Waals surface area contributed by atoms with Gasteiger partial charge in [-0.25, -0.2) is 9.59 Å². The molecule has 2 atom stereocenters. The number of aromatic amines is 1. The summed E-state index contributed by atoms with van der Waals surface area (Å²) in [7, 11) is 0. The second-order valence-corrected chi connectivity index (χ2v) is 7.26. The maximum Gasteiger partial charge on any atom is 0.326 e. The first-order valence-electron chi connectivity index (χ1n) is 8.95. The van der Waals surface area contributed by atoms with E-state index in [-0.39, 0.29) is 24.2 Å². The van der Waals surface area contributed by atoms with E-state index in [2.05, 4.69) is 10.3 Å². The highest BCUT2D eigenvalue weighted by molar-refractivity contribution is 5.80. The van der Waals surface area contributed by atoms with E-state index in [9.17, 15) is 19.5 Å². The number of hydrogen-bond acceptors (Lipinski definition) is 3. The Morgan fingerprint density at radius 3 is 2.92 bits per heavy atom. The third kappa shape index (κ3) is 2.56. The Bertz CT molecular complexity index is 917. The van der Waals surface area contributed by atoms with E-state index in [4.69, 9.17) is 0 Å². The standard InChI is InChI=1S/C18H22N4O4/c23-15(24)18-7-3-4-12(18)10-21(11-18)16(25)19-8-9-22-14-6-2-1-5-13(14)20-17(22)26/h1-2,5-6,12H,3-4,7-11H2,(H,19,25)(H,20,26)(H,23,24)/t12-,18+/m0/s1. The summed E-state index contributed by atoms with van der Waals surface area (Å²) in [5.41, 5.74) is 0.582. The molecule has 8 heteroatoms. The molecule has 2 aromatic rings. The highest BCUT2D eigenvalue weighted by Gasteiger charge is 2.55. The van der Waals surface area contributed by atoms with Gasteiger partial charge in [-0.1, -0.05) is 18.6 Å². The first-order chi connectivity index (χ1) is 12.5. The zero-order valence-corrected chi connectivity index (χ0v) is 14.4. The van der Waals surface area contributed by atoms with Crippen LogP contribution >= 0.6 is 0 Å². The number of para-hydroxylation sites is 2. The molecule has 0 bridgehead atoms. The fourth-order valence-electron chi connectivity index (χ4n) is 4.51. The molecule has 2 heterocycles. The summed E-state index contributed by atoms with van der Waals surface area (Å²) in [5.74, 6) is -0.748. The summed E-state index contributed by atoms with van der Waals surface area (Å²) in [4.78, 5) is 40.6. The molecule has 1 aromatic heterocycles. The van der Waals surface area contributed by atoms with Crippen LogP contribution in [0.15, 0.2) is 29.1 Å². The van der Waals surface area contributed by atoms with E-state index in [1.165, 1.54) is 0 Å². The topological polar surface area (TPSA) is 107 Å². The highest BCUT2D eigenvalue weighted by atomic mass is 16.4. The van der Waals surface area contributed by atoms with Crippen molar-refractivity contribution in [2.24, 2.45) is 11.3 Å². The van der Waals surface area contributed by atoms with Gasteiger partial charge < -0.3 is 20.3 Å². The molecule has 0 unspecified atom stereocenters. The van der Waals surface area contributed by atoms with Gasteiger partial charge in [0.25, 0.3) is 0 Å². The van der Waals surface area contributed by atoms with Crippen molar-refractivity contribution >= 4 is 23.0 Å². The second-order valence-electron chi connectivity index (χ2n) is 7.26. The SMILES string of the molecule is O=C(NCCn1c(=O)[nH]c2ccccc21)N1C[C@@H]2CCC[C@@]2(C(=O)O)C1. The molecule has 4 rings (SSSR count). The van der Waals surface area contributed by atoms with Gasteiger partial charge >= 0.3 is 17.7 Å². The number of nitrogens with zero attached hydrogens (tertiary/aromatic N) is 2. The second kappa shape index (κ2) is 6.19. The summed E-state index contributed by atoms with van der Waals surface area (Å²) in [6.07, 6.45) is 2.41. The molecule has 2 aliphatic rings. The molecule has 1 saturated heterocycles. The number of urea groups is 1. The normalized spacial score (nSPS) is 24.8. The molecule has 2 fully saturated rings. The van der Waals surface area contributed by atoms with Gasteiger partial charge in [-0.05, 0) is 30.9 Å². The third-order valence-electron chi connectivity index (χ3n) is 5.88. The van der Waals surface area contributed by atoms with Crippen LogP contribution in [0.25, 0.3) is 11.0 Å². The van der Waals surface area contributed by atoms with E-state index < -0.39 is 11.4 Å². The molecule has 26 heavy (non-hydrogen) atoms. The summed E-state index contributed by atoms with van der Waals surface area (Å²) < 4.78 is 1.59. The van der Waals surface area contributed by atoms with Crippen LogP contribution in [0, 0.1) is 11.3 Å². The smallest absolute Gasteiger partial charge is 0.326 e. The van der Waals surface area contributed by atoms with Gasteiger partial charge in [-0.15, -0.1) is 0 Å². The Labute approximate surface area is 149 Å². The number of nitrogens with one attached hydrogen (secondary N) is 2. The Hall–Kier alpha value is -2.77. The summed E-state index contributed by atoms with van der Waals surface area (Å²) in [6.45, 7) is 1.43. The summed E-state index contributed by atoms with van der Waals surface area (Å²) in [6, 6.07) is 7.15. The van der Waals surface area contributed by atoms with Crippen molar-refractivity contribution in [3.63, 3.8) is 0 Å². The minimum Gasteiger partial charge on any atom is -0.481 e. The molecule has 2 amide bonds. The number of aliphatic carboxylic acids is 1. The molecule has 1 aliphatic carbocycles. The van der Waals surface area contributed by atoms with Crippen LogP contribution in [0.1, 0.15) is 19.3 Å². The summed E-state index contributed by atoms with van der Waals surface area (Å²) >= 11 is 0. The van der Waals surface area contributed by atoms with Gasteiger partial charge in [-0.2, -0.15) is 0 Å². The number of H-pyrrole nitrogens is 1. The third-order valence-corrected chi connectivity index (χ3v) is 5.88. The largest absolute Gasteiger partial charge is 0.481 e. The van der Waals surface area contributed by atoms with Crippen LogP contribution in [0.5, 0.6) is 0 Å². The Balaban J connectivity index is 1.38. The molecule has 3 N–H and O–H groups in total. The van der Waals surface area contributed by atoms with Crippen LogP contribution in [0.4, 0.5) is 4.79 Å². The van der Waals surface area contributed by atoms with Gasteiger partial charge in [0.1, 0.15) is 0 Å². The molecule has 8 nitrogen and oxygen atoms in total. The van der Waals surface area contributed by atoms with Crippen LogP contribution in [-0.4, -0.2) is 51.2 Å². The monoisotopic (exact) mass is 358 g/mol. The van der Waals surface area contributed by atoms with Crippen molar-refractivity contribution in [3.8, 4) is 0 Å². The fourth-order valence-corrected chi connectivity index (χ4v) is 4.51. The molecule has 0 spiro atoms. The number of hydrogen-bond donors (Lipinski definition) is 3. The highest BCUT2D eigenvalue weighted by Crippen LogP contribution is 2.48. The first-order valence-corrected chi connectivity index (χ1v) is 8.95. The van der Waals surface area contributed by atoms with E-state index in [0.717, 1.165) is 23.9 Å². The maximum absolute atomic E-state index is 12.4. The van der Waals surface area contributed by atoms with Crippen molar-refractivity contribution in [2.45, 2.75) is 25.8 Å². The van der Waals surface area contributed by atoms with Gasteiger partial charge in [-0.3, -0.25) is 9.36 Å². The number of carbonyl (C=O) groups excluding carboxylic acids is 1. The molecule has 0 radical (unpaired) electrons. The zero-order chi connectivity index (χ0) is 18.3. The fraction of sp³-hybridized carbons (Fsp3) is 0.500. The lowest BCUT2D eigenvalue weighted by Gasteiger charge is -2.23. The number of imidazole rings is 1.